The zero-order chi connectivity index (χ0) is 19.8. The van der Waals surface area contributed by atoms with Crippen LogP contribution in [0.3, 0.4) is 0 Å². The molecule has 2 amide bonds. The predicted molar refractivity (Wildman–Crippen MR) is 100 cm³/mol. The molecule has 144 valence electrons. The van der Waals surface area contributed by atoms with Gasteiger partial charge in [0.1, 0.15) is 11.5 Å². The highest BCUT2D eigenvalue weighted by molar-refractivity contribution is 5.99. The molecule has 0 radical (unpaired) electrons. The number of carbonyl (C=O) groups is 2. The van der Waals surface area contributed by atoms with Crippen molar-refractivity contribution >= 4 is 17.5 Å². The van der Waals surface area contributed by atoms with Crippen LogP contribution in [-0.4, -0.2) is 46.8 Å². The Morgan fingerprint density at radius 1 is 0.815 bits per heavy atom. The van der Waals surface area contributed by atoms with Crippen LogP contribution in [0.4, 0.5) is 5.69 Å². The molecule has 0 aliphatic carbocycles. The van der Waals surface area contributed by atoms with E-state index in [4.69, 9.17) is 18.9 Å². The van der Waals surface area contributed by atoms with Gasteiger partial charge < -0.3 is 29.6 Å². The molecule has 0 aliphatic heterocycles. The predicted octanol–water partition coefficient (Wildman–Crippen LogP) is 2.09. The Kier molecular flexibility index (Phi) is 6.87. The van der Waals surface area contributed by atoms with Crippen molar-refractivity contribution in [2.24, 2.45) is 0 Å². The van der Waals surface area contributed by atoms with Crippen molar-refractivity contribution in [1.29, 1.82) is 0 Å². The summed E-state index contributed by atoms with van der Waals surface area (Å²) in [7, 11) is 6.02. The van der Waals surface area contributed by atoms with Gasteiger partial charge in [-0.15, -0.1) is 0 Å². The van der Waals surface area contributed by atoms with Gasteiger partial charge >= 0.3 is 0 Å². The number of rotatable bonds is 8. The second-order valence-corrected chi connectivity index (χ2v) is 5.40. The third-order valence-corrected chi connectivity index (χ3v) is 3.69. The second-order valence-electron chi connectivity index (χ2n) is 5.40. The van der Waals surface area contributed by atoms with E-state index in [9.17, 15) is 9.59 Å². The lowest BCUT2D eigenvalue weighted by molar-refractivity contribution is -0.115. The van der Waals surface area contributed by atoms with Gasteiger partial charge in [-0.25, -0.2) is 0 Å². The van der Waals surface area contributed by atoms with Crippen LogP contribution in [0.5, 0.6) is 23.0 Å². The average molecular weight is 374 g/mol. The Bertz CT molecular complexity index is 800. The SMILES string of the molecule is COc1cc(OC)cc(C(=O)NCC(=O)Nc2ccc(OC)c(OC)c2)c1. The fraction of sp³-hybridized carbons (Fsp3) is 0.263. The summed E-state index contributed by atoms with van der Waals surface area (Å²) in [5.41, 5.74) is 0.847. The summed E-state index contributed by atoms with van der Waals surface area (Å²) in [5, 5.41) is 5.24. The Morgan fingerprint density at radius 3 is 2.00 bits per heavy atom. The van der Waals surface area contributed by atoms with Gasteiger partial charge in [0.25, 0.3) is 5.91 Å². The molecule has 0 atom stereocenters. The molecule has 2 aromatic rings. The Balaban J connectivity index is 1.98. The van der Waals surface area contributed by atoms with E-state index in [2.05, 4.69) is 10.6 Å². The molecule has 0 heterocycles. The summed E-state index contributed by atoms with van der Waals surface area (Å²) in [5.74, 6) is 1.20. The van der Waals surface area contributed by atoms with Crippen LogP contribution in [0, 0.1) is 0 Å². The molecule has 2 aromatic carbocycles. The van der Waals surface area contributed by atoms with Crippen LogP contribution >= 0.6 is 0 Å². The first kappa shape index (κ1) is 19.9. The van der Waals surface area contributed by atoms with Gasteiger partial charge in [0.15, 0.2) is 11.5 Å². The zero-order valence-electron chi connectivity index (χ0n) is 15.6. The summed E-state index contributed by atoms with van der Waals surface area (Å²) in [4.78, 5) is 24.4. The molecule has 0 fully saturated rings. The molecule has 0 aliphatic rings. The van der Waals surface area contributed by atoms with E-state index in [-0.39, 0.29) is 12.5 Å². The van der Waals surface area contributed by atoms with E-state index >= 15 is 0 Å². The summed E-state index contributed by atoms with van der Waals surface area (Å²) in [6.07, 6.45) is 0. The fourth-order valence-corrected chi connectivity index (χ4v) is 2.32. The van der Waals surface area contributed by atoms with E-state index in [1.165, 1.54) is 28.4 Å². The van der Waals surface area contributed by atoms with Crippen LogP contribution < -0.4 is 29.6 Å². The number of benzene rings is 2. The largest absolute Gasteiger partial charge is 0.497 e. The summed E-state index contributed by atoms with van der Waals surface area (Å²) >= 11 is 0. The van der Waals surface area contributed by atoms with Crippen LogP contribution in [0.15, 0.2) is 36.4 Å². The van der Waals surface area contributed by atoms with Crippen LogP contribution in [-0.2, 0) is 4.79 Å². The number of amides is 2. The van der Waals surface area contributed by atoms with Gasteiger partial charge in [-0.1, -0.05) is 0 Å². The summed E-state index contributed by atoms with van der Waals surface area (Å²) < 4.78 is 20.6. The Morgan fingerprint density at radius 2 is 1.44 bits per heavy atom. The maximum atomic E-state index is 12.3. The van der Waals surface area contributed by atoms with E-state index in [1.54, 1.807) is 36.4 Å². The molecular formula is C19H22N2O6. The van der Waals surface area contributed by atoms with Crippen LogP contribution in [0.25, 0.3) is 0 Å². The lowest BCUT2D eigenvalue weighted by Crippen LogP contribution is -2.32. The molecular weight excluding hydrogens is 352 g/mol. The van der Waals surface area contributed by atoms with E-state index < -0.39 is 5.91 Å². The molecule has 0 spiro atoms. The number of hydrogen-bond acceptors (Lipinski definition) is 6. The highest BCUT2D eigenvalue weighted by Gasteiger charge is 2.12. The van der Waals surface area contributed by atoms with Gasteiger partial charge in [0.05, 0.1) is 35.0 Å². The minimum Gasteiger partial charge on any atom is -0.497 e. The quantitative estimate of drug-likeness (QED) is 0.735. The van der Waals surface area contributed by atoms with Crippen molar-refractivity contribution < 1.29 is 28.5 Å². The van der Waals surface area contributed by atoms with Gasteiger partial charge in [0.2, 0.25) is 5.91 Å². The van der Waals surface area contributed by atoms with Crippen molar-refractivity contribution in [3.63, 3.8) is 0 Å². The lowest BCUT2D eigenvalue weighted by Gasteiger charge is -2.11. The van der Waals surface area contributed by atoms with Crippen molar-refractivity contribution in [2.45, 2.75) is 0 Å². The van der Waals surface area contributed by atoms with E-state index in [0.717, 1.165) is 0 Å². The molecule has 0 unspecified atom stereocenters. The molecule has 8 heteroatoms. The molecule has 0 bridgehead atoms. The van der Waals surface area contributed by atoms with Gasteiger partial charge in [-0.2, -0.15) is 0 Å². The molecule has 0 saturated heterocycles. The van der Waals surface area contributed by atoms with E-state index in [0.29, 0.717) is 34.2 Å². The lowest BCUT2D eigenvalue weighted by atomic mass is 10.2. The van der Waals surface area contributed by atoms with Gasteiger partial charge in [-0.05, 0) is 24.3 Å². The topological polar surface area (TPSA) is 95.1 Å². The second kappa shape index (κ2) is 9.33. The van der Waals surface area contributed by atoms with Crippen molar-refractivity contribution in [3.8, 4) is 23.0 Å². The minimum absolute atomic E-state index is 0.202. The summed E-state index contributed by atoms with van der Waals surface area (Å²) in [6, 6.07) is 9.75. The third kappa shape index (κ3) is 5.27. The number of nitrogens with one attached hydrogen (secondary N) is 2. The third-order valence-electron chi connectivity index (χ3n) is 3.69. The number of carbonyl (C=O) groups excluding carboxylic acids is 2. The van der Waals surface area contributed by atoms with Crippen LogP contribution in [0.2, 0.25) is 0 Å². The van der Waals surface area contributed by atoms with Gasteiger partial charge in [0, 0.05) is 23.4 Å². The Hall–Kier alpha value is -3.42. The van der Waals surface area contributed by atoms with Crippen molar-refractivity contribution in [3.05, 3.63) is 42.0 Å². The molecule has 8 nitrogen and oxygen atoms in total. The first-order chi connectivity index (χ1) is 13.0. The normalized spacial score (nSPS) is 9.93. The molecule has 27 heavy (non-hydrogen) atoms. The highest BCUT2D eigenvalue weighted by Crippen LogP contribution is 2.29. The van der Waals surface area contributed by atoms with Crippen molar-refractivity contribution in [1.82, 2.24) is 5.32 Å². The maximum Gasteiger partial charge on any atom is 0.251 e. The van der Waals surface area contributed by atoms with Crippen LogP contribution in [0.1, 0.15) is 10.4 Å². The highest BCUT2D eigenvalue weighted by atomic mass is 16.5. The minimum atomic E-state index is -0.422. The van der Waals surface area contributed by atoms with Crippen molar-refractivity contribution in [2.75, 3.05) is 40.3 Å². The van der Waals surface area contributed by atoms with E-state index in [1.807, 2.05) is 0 Å². The Labute approximate surface area is 157 Å². The number of hydrogen-bond donors (Lipinski definition) is 2. The molecule has 2 rings (SSSR count). The summed E-state index contributed by atoms with van der Waals surface area (Å²) in [6.45, 7) is -0.202. The maximum absolute atomic E-state index is 12.3. The smallest absolute Gasteiger partial charge is 0.251 e. The fourth-order valence-electron chi connectivity index (χ4n) is 2.32. The monoisotopic (exact) mass is 374 g/mol. The molecule has 0 saturated carbocycles. The number of ether oxygens (including phenoxy) is 4. The first-order valence-electron chi connectivity index (χ1n) is 8.03. The zero-order valence-corrected chi connectivity index (χ0v) is 15.6. The number of anilines is 1. The molecule has 2 N–H and O–H groups in total. The average Bonchev–Trinajstić information content (AvgIpc) is 2.71. The molecule has 0 aromatic heterocycles. The number of methoxy groups -OCH3 is 4. The standard InChI is InChI=1S/C19H22N2O6/c1-24-14-7-12(8-15(10-14)25-2)19(23)20-11-18(22)21-13-5-6-16(26-3)17(9-13)27-4/h5-10H,11H2,1-4H3,(H,20,23)(H,21,22). The first-order valence-corrected chi connectivity index (χ1v) is 8.03. The van der Waals surface area contributed by atoms with Gasteiger partial charge in [-0.3, -0.25) is 9.59 Å².